The third kappa shape index (κ3) is 3.71. The molecular weight excluding hydrogens is 262 g/mol. The molecule has 1 amide bonds. The summed E-state index contributed by atoms with van der Waals surface area (Å²) >= 11 is 5.85. The van der Waals surface area contributed by atoms with Gasteiger partial charge in [0.2, 0.25) is 0 Å². The van der Waals surface area contributed by atoms with E-state index in [1.54, 1.807) is 7.05 Å². The Labute approximate surface area is 109 Å². The lowest BCUT2D eigenvalue weighted by molar-refractivity contribution is -0.384. The summed E-state index contributed by atoms with van der Waals surface area (Å²) in [4.78, 5) is 21.8. The largest absolute Gasteiger partial charge is 0.383 e. The standard InChI is InChI=1S/C10H14ClN3O4/c1-13-5-8(14(16)17)3-9(13)10(15)12-4-7(11)6-18-2/h3,5,7H,4,6H2,1-2H3,(H,12,15). The number of methoxy groups -OCH3 is 1. The number of carbonyl (C=O) groups excluding carboxylic acids is 1. The number of rotatable bonds is 6. The van der Waals surface area contributed by atoms with Crippen LogP contribution in [0.2, 0.25) is 0 Å². The first-order valence-electron chi connectivity index (χ1n) is 5.17. The van der Waals surface area contributed by atoms with E-state index in [2.05, 4.69) is 5.32 Å². The van der Waals surface area contributed by atoms with E-state index < -0.39 is 10.8 Å². The van der Waals surface area contributed by atoms with E-state index in [-0.39, 0.29) is 23.3 Å². The zero-order valence-corrected chi connectivity index (χ0v) is 10.8. The molecule has 0 bridgehead atoms. The predicted octanol–water partition coefficient (Wildman–Crippen LogP) is 0.917. The number of carbonyl (C=O) groups is 1. The third-order valence-electron chi connectivity index (χ3n) is 2.27. The van der Waals surface area contributed by atoms with Crippen molar-refractivity contribution < 1.29 is 14.5 Å². The fourth-order valence-electron chi connectivity index (χ4n) is 1.41. The minimum absolute atomic E-state index is 0.123. The molecule has 0 spiro atoms. The molecular formula is C10H14ClN3O4. The molecule has 18 heavy (non-hydrogen) atoms. The van der Waals surface area contributed by atoms with Crippen LogP contribution in [0.25, 0.3) is 0 Å². The summed E-state index contributed by atoms with van der Waals surface area (Å²) in [5.74, 6) is -0.410. The fraction of sp³-hybridized carbons (Fsp3) is 0.500. The van der Waals surface area contributed by atoms with Crippen molar-refractivity contribution in [1.82, 2.24) is 9.88 Å². The SMILES string of the molecule is COCC(Cl)CNC(=O)c1cc([N+](=O)[O-])cn1C. The smallest absolute Gasteiger partial charge is 0.287 e. The van der Waals surface area contributed by atoms with Gasteiger partial charge in [0.05, 0.1) is 23.1 Å². The van der Waals surface area contributed by atoms with Crippen LogP contribution >= 0.6 is 11.6 Å². The Bertz CT molecular complexity index is 446. The molecule has 1 aromatic rings. The van der Waals surface area contributed by atoms with E-state index in [0.717, 1.165) is 0 Å². The van der Waals surface area contributed by atoms with Crippen LogP contribution in [0, 0.1) is 10.1 Å². The van der Waals surface area contributed by atoms with Crippen molar-refractivity contribution in [3.8, 4) is 0 Å². The molecule has 0 aliphatic rings. The van der Waals surface area contributed by atoms with Gasteiger partial charge in [0.15, 0.2) is 0 Å². The summed E-state index contributed by atoms with van der Waals surface area (Å²) in [6.45, 7) is 0.544. The van der Waals surface area contributed by atoms with E-state index in [4.69, 9.17) is 16.3 Å². The maximum absolute atomic E-state index is 11.8. The van der Waals surface area contributed by atoms with E-state index in [0.29, 0.717) is 6.61 Å². The average Bonchev–Trinajstić information content (AvgIpc) is 2.69. The van der Waals surface area contributed by atoms with Gasteiger partial charge in [0.25, 0.3) is 11.6 Å². The van der Waals surface area contributed by atoms with Gasteiger partial charge < -0.3 is 14.6 Å². The Morgan fingerprint density at radius 1 is 1.72 bits per heavy atom. The normalized spacial score (nSPS) is 12.2. The second-order valence-electron chi connectivity index (χ2n) is 3.71. The van der Waals surface area contributed by atoms with Crippen LogP contribution in [0.5, 0.6) is 0 Å². The fourth-order valence-corrected chi connectivity index (χ4v) is 1.61. The van der Waals surface area contributed by atoms with Gasteiger partial charge in [0, 0.05) is 26.8 Å². The molecule has 7 nitrogen and oxygen atoms in total. The molecule has 0 aromatic carbocycles. The minimum Gasteiger partial charge on any atom is -0.383 e. The summed E-state index contributed by atoms with van der Waals surface area (Å²) in [5.41, 5.74) is 0.0879. The van der Waals surface area contributed by atoms with Gasteiger partial charge in [0.1, 0.15) is 5.69 Å². The molecule has 0 fully saturated rings. The van der Waals surface area contributed by atoms with Crippen molar-refractivity contribution in [3.63, 3.8) is 0 Å². The van der Waals surface area contributed by atoms with Crippen LogP contribution in [0.1, 0.15) is 10.5 Å². The highest BCUT2D eigenvalue weighted by atomic mass is 35.5. The van der Waals surface area contributed by atoms with Crippen LogP contribution in [-0.4, -0.2) is 41.0 Å². The topological polar surface area (TPSA) is 86.4 Å². The highest BCUT2D eigenvalue weighted by Gasteiger charge is 2.17. The Morgan fingerprint density at radius 3 is 2.89 bits per heavy atom. The zero-order valence-electron chi connectivity index (χ0n) is 10.1. The quantitative estimate of drug-likeness (QED) is 0.475. The second kappa shape index (κ2) is 6.36. The van der Waals surface area contributed by atoms with E-state index in [1.165, 1.54) is 23.9 Å². The summed E-state index contributed by atoms with van der Waals surface area (Å²) < 4.78 is 6.22. The molecule has 0 aliphatic carbocycles. The molecule has 0 radical (unpaired) electrons. The van der Waals surface area contributed by atoms with E-state index >= 15 is 0 Å². The second-order valence-corrected chi connectivity index (χ2v) is 4.33. The lowest BCUT2D eigenvalue weighted by Gasteiger charge is -2.09. The lowest BCUT2D eigenvalue weighted by atomic mass is 10.3. The van der Waals surface area contributed by atoms with Gasteiger partial charge in [-0.1, -0.05) is 0 Å². The molecule has 1 heterocycles. The molecule has 1 aromatic heterocycles. The van der Waals surface area contributed by atoms with Gasteiger partial charge in [-0.3, -0.25) is 14.9 Å². The Hall–Kier alpha value is -1.60. The maximum Gasteiger partial charge on any atom is 0.287 e. The molecule has 1 N–H and O–H groups in total. The van der Waals surface area contributed by atoms with Crippen molar-refractivity contribution in [1.29, 1.82) is 0 Å². The molecule has 8 heteroatoms. The molecule has 0 aliphatic heterocycles. The van der Waals surface area contributed by atoms with Crippen LogP contribution in [0.3, 0.4) is 0 Å². The van der Waals surface area contributed by atoms with Crippen LogP contribution in [0.15, 0.2) is 12.3 Å². The monoisotopic (exact) mass is 275 g/mol. The summed E-state index contributed by atoms with van der Waals surface area (Å²) in [6, 6.07) is 1.22. The molecule has 1 atom stereocenters. The highest BCUT2D eigenvalue weighted by Crippen LogP contribution is 2.14. The number of nitrogens with one attached hydrogen (secondary N) is 1. The first-order chi connectivity index (χ1) is 8.45. The molecule has 0 saturated heterocycles. The van der Waals surface area contributed by atoms with E-state index in [1.807, 2.05) is 0 Å². The summed E-state index contributed by atoms with van der Waals surface area (Å²) in [5, 5.41) is 12.8. The highest BCUT2D eigenvalue weighted by molar-refractivity contribution is 6.21. The van der Waals surface area contributed by atoms with Crippen LogP contribution in [-0.2, 0) is 11.8 Å². The number of halogens is 1. The predicted molar refractivity (Wildman–Crippen MR) is 65.9 cm³/mol. The Kier molecular flexibility index (Phi) is 5.11. The molecule has 0 saturated carbocycles. The minimum atomic E-state index is -0.550. The van der Waals surface area contributed by atoms with E-state index in [9.17, 15) is 14.9 Å². The number of hydrogen-bond donors (Lipinski definition) is 1. The summed E-state index contributed by atoms with van der Waals surface area (Å²) in [6.07, 6.45) is 1.28. The van der Waals surface area contributed by atoms with Crippen molar-refractivity contribution in [2.24, 2.45) is 7.05 Å². The number of amides is 1. The van der Waals surface area contributed by atoms with Crippen LogP contribution < -0.4 is 5.32 Å². The number of nitrogens with zero attached hydrogens (tertiary/aromatic N) is 2. The summed E-state index contributed by atoms with van der Waals surface area (Å²) in [7, 11) is 3.08. The van der Waals surface area contributed by atoms with Gasteiger partial charge in [-0.15, -0.1) is 11.6 Å². The average molecular weight is 276 g/mol. The van der Waals surface area contributed by atoms with Crippen molar-refractivity contribution in [3.05, 3.63) is 28.1 Å². The molecule has 100 valence electrons. The zero-order chi connectivity index (χ0) is 13.7. The Balaban J connectivity index is 2.64. The van der Waals surface area contributed by atoms with Crippen molar-refractivity contribution in [2.75, 3.05) is 20.3 Å². The van der Waals surface area contributed by atoms with Gasteiger partial charge in [-0.05, 0) is 0 Å². The Morgan fingerprint density at radius 2 is 2.39 bits per heavy atom. The first-order valence-corrected chi connectivity index (χ1v) is 5.61. The number of ether oxygens (including phenoxy) is 1. The molecule has 1 rings (SSSR count). The number of alkyl halides is 1. The maximum atomic E-state index is 11.8. The number of aromatic nitrogens is 1. The first kappa shape index (κ1) is 14.5. The van der Waals surface area contributed by atoms with Gasteiger partial charge in [-0.25, -0.2) is 0 Å². The van der Waals surface area contributed by atoms with Crippen LogP contribution in [0.4, 0.5) is 5.69 Å². The lowest BCUT2D eigenvalue weighted by Crippen LogP contribution is -2.32. The van der Waals surface area contributed by atoms with Crippen molar-refractivity contribution in [2.45, 2.75) is 5.38 Å². The number of nitro groups is 1. The number of hydrogen-bond acceptors (Lipinski definition) is 4. The number of aryl methyl sites for hydroxylation is 1. The van der Waals surface area contributed by atoms with Gasteiger partial charge in [-0.2, -0.15) is 0 Å². The third-order valence-corrected chi connectivity index (χ3v) is 2.55. The van der Waals surface area contributed by atoms with Crippen molar-refractivity contribution >= 4 is 23.2 Å². The molecule has 1 unspecified atom stereocenters. The van der Waals surface area contributed by atoms with Gasteiger partial charge >= 0.3 is 0 Å².